The summed E-state index contributed by atoms with van der Waals surface area (Å²) in [4.78, 5) is 12.2. The van der Waals surface area contributed by atoms with Gasteiger partial charge in [0, 0.05) is 0 Å². The molecule has 8 heteroatoms. The third-order valence-corrected chi connectivity index (χ3v) is 3.84. The maximum Gasteiger partial charge on any atom is 0.240 e. The van der Waals surface area contributed by atoms with Gasteiger partial charge in [-0.15, -0.1) is 0 Å². The van der Waals surface area contributed by atoms with Gasteiger partial charge in [-0.1, -0.05) is 37.3 Å². The monoisotopic (exact) mass is 344 g/mol. The van der Waals surface area contributed by atoms with Crippen LogP contribution in [0.15, 0.2) is 30.3 Å². The number of aliphatic hydroxyl groups excluding tert-OH is 1. The van der Waals surface area contributed by atoms with Crippen LogP contribution in [-0.2, 0) is 26.2 Å². The number of benzene rings is 1. The van der Waals surface area contributed by atoms with Gasteiger partial charge in [-0.05, 0) is 12.0 Å². The Morgan fingerprint density at radius 2 is 1.96 bits per heavy atom. The number of ether oxygens (including phenoxy) is 1. The molecule has 0 aliphatic carbocycles. The number of sulfonamides is 1. The van der Waals surface area contributed by atoms with E-state index in [1.165, 1.54) is 0 Å². The van der Waals surface area contributed by atoms with Crippen molar-refractivity contribution in [2.75, 3.05) is 19.5 Å². The molecule has 7 nitrogen and oxygen atoms in total. The van der Waals surface area contributed by atoms with Crippen molar-refractivity contribution in [2.24, 2.45) is 0 Å². The molecule has 2 atom stereocenters. The van der Waals surface area contributed by atoms with Crippen molar-refractivity contribution < 1.29 is 23.1 Å². The van der Waals surface area contributed by atoms with Gasteiger partial charge >= 0.3 is 0 Å². The Labute approximate surface area is 137 Å². The fraction of sp³-hybridized carbons (Fsp3) is 0.533. The molecule has 0 aliphatic rings. The molecule has 0 aliphatic heterocycles. The summed E-state index contributed by atoms with van der Waals surface area (Å²) in [6.45, 7) is 1.77. The van der Waals surface area contributed by atoms with E-state index in [4.69, 9.17) is 9.84 Å². The smallest absolute Gasteiger partial charge is 0.240 e. The average molecular weight is 344 g/mol. The van der Waals surface area contributed by atoms with E-state index in [1.54, 1.807) is 0 Å². The van der Waals surface area contributed by atoms with Gasteiger partial charge in [0.1, 0.15) is 6.04 Å². The van der Waals surface area contributed by atoms with Crippen LogP contribution in [-0.4, -0.2) is 51.0 Å². The lowest BCUT2D eigenvalue weighted by molar-refractivity contribution is -0.125. The zero-order chi connectivity index (χ0) is 17.3. The third-order valence-electron chi connectivity index (χ3n) is 3.13. The molecule has 0 spiro atoms. The number of rotatable bonds is 10. The van der Waals surface area contributed by atoms with E-state index in [9.17, 15) is 13.2 Å². The summed E-state index contributed by atoms with van der Waals surface area (Å²) in [6, 6.07) is 7.89. The minimum absolute atomic E-state index is 0.102. The first-order chi connectivity index (χ1) is 10.9. The summed E-state index contributed by atoms with van der Waals surface area (Å²) in [5, 5.41) is 11.7. The van der Waals surface area contributed by atoms with Gasteiger partial charge in [-0.3, -0.25) is 4.79 Å². The van der Waals surface area contributed by atoms with E-state index >= 15 is 0 Å². The molecular formula is C15H24N2O5S. The zero-order valence-electron chi connectivity index (χ0n) is 13.4. The third kappa shape index (κ3) is 8.08. The minimum atomic E-state index is -3.57. The number of hydrogen-bond donors (Lipinski definition) is 3. The first-order valence-electron chi connectivity index (χ1n) is 7.36. The molecule has 0 radical (unpaired) electrons. The molecule has 130 valence electrons. The number of nitrogens with one attached hydrogen (secondary N) is 2. The van der Waals surface area contributed by atoms with Gasteiger partial charge in [0.2, 0.25) is 15.9 Å². The van der Waals surface area contributed by atoms with Crippen LogP contribution in [0.5, 0.6) is 0 Å². The van der Waals surface area contributed by atoms with E-state index in [1.807, 2.05) is 37.3 Å². The van der Waals surface area contributed by atoms with E-state index in [0.717, 1.165) is 11.8 Å². The Kier molecular flexibility index (Phi) is 8.18. The molecule has 1 aromatic rings. The van der Waals surface area contributed by atoms with Crippen LogP contribution >= 0.6 is 0 Å². The van der Waals surface area contributed by atoms with Gasteiger partial charge in [0.05, 0.1) is 32.1 Å². The number of carbonyl (C=O) groups is 1. The Hall–Kier alpha value is -1.48. The molecule has 1 amide bonds. The normalized spacial score (nSPS) is 14.2. The van der Waals surface area contributed by atoms with Gasteiger partial charge in [-0.2, -0.15) is 0 Å². The van der Waals surface area contributed by atoms with Gasteiger partial charge in [0.25, 0.3) is 0 Å². The second-order valence-corrected chi connectivity index (χ2v) is 7.02. The quantitative estimate of drug-likeness (QED) is 0.554. The fourth-order valence-electron chi connectivity index (χ4n) is 1.87. The van der Waals surface area contributed by atoms with Crippen molar-refractivity contribution in [1.29, 1.82) is 0 Å². The molecule has 1 aromatic carbocycles. The molecule has 0 bridgehead atoms. The number of hydrogen-bond acceptors (Lipinski definition) is 5. The summed E-state index contributed by atoms with van der Waals surface area (Å²) in [5.41, 5.74) is 0.924. The first kappa shape index (κ1) is 19.6. The van der Waals surface area contributed by atoms with Crippen molar-refractivity contribution in [1.82, 2.24) is 10.0 Å². The summed E-state index contributed by atoms with van der Waals surface area (Å²) in [5.74, 6) is -0.524. The van der Waals surface area contributed by atoms with Crippen LogP contribution < -0.4 is 10.0 Å². The highest BCUT2D eigenvalue weighted by molar-refractivity contribution is 7.88. The van der Waals surface area contributed by atoms with Crippen LogP contribution in [0, 0.1) is 0 Å². The van der Waals surface area contributed by atoms with Crippen LogP contribution in [0.3, 0.4) is 0 Å². The topological polar surface area (TPSA) is 105 Å². The second-order valence-electron chi connectivity index (χ2n) is 5.24. The van der Waals surface area contributed by atoms with Gasteiger partial charge < -0.3 is 15.2 Å². The molecule has 0 saturated carbocycles. The number of carbonyl (C=O) groups excluding carboxylic acids is 1. The molecular weight excluding hydrogens is 320 g/mol. The molecule has 3 N–H and O–H groups in total. The standard InChI is InChI=1S/C15H24N2O5S/c1-3-13(9-18)16-15(19)14(17-23(2,20)21)11-22-10-12-7-5-4-6-8-12/h4-8,13-14,17-18H,3,9-11H2,1-2H3,(H,16,19)/t13-,14+/m0/s1. The lowest BCUT2D eigenvalue weighted by Crippen LogP contribution is -2.52. The van der Waals surface area contributed by atoms with Gasteiger partial charge in [-0.25, -0.2) is 13.1 Å². The van der Waals surface area contributed by atoms with E-state index in [2.05, 4.69) is 10.0 Å². The fourth-order valence-corrected chi connectivity index (χ4v) is 2.56. The average Bonchev–Trinajstić information content (AvgIpc) is 2.51. The zero-order valence-corrected chi connectivity index (χ0v) is 14.2. The summed E-state index contributed by atoms with van der Waals surface area (Å²) >= 11 is 0. The van der Waals surface area contributed by atoms with Crippen molar-refractivity contribution in [3.05, 3.63) is 35.9 Å². The summed E-state index contributed by atoms with van der Waals surface area (Å²) in [7, 11) is -3.57. The van der Waals surface area contributed by atoms with E-state index in [-0.39, 0.29) is 19.8 Å². The van der Waals surface area contributed by atoms with E-state index in [0.29, 0.717) is 6.42 Å². The predicted octanol–water partition coefficient (Wildman–Crippen LogP) is 0.00810. The Morgan fingerprint density at radius 3 is 2.48 bits per heavy atom. The minimum Gasteiger partial charge on any atom is -0.394 e. The lowest BCUT2D eigenvalue weighted by Gasteiger charge is -2.21. The molecule has 0 aromatic heterocycles. The first-order valence-corrected chi connectivity index (χ1v) is 9.25. The number of aliphatic hydroxyl groups is 1. The van der Waals surface area contributed by atoms with Crippen LogP contribution in [0.4, 0.5) is 0 Å². The molecule has 1 rings (SSSR count). The summed E-state index contributed by atoms with van der Waals surface area (Å²) in [6.07, 6.45) is 1.52. The predicted molar refractivity (Wildman–Crippen MR) is 87.2 cm³/mol. The number of amides is 1. The van der Waals surface area contributed by atoms with E-state index < -0.39 is 28.0 Å². The molecule has 23 heavy (non-hydrogen) atoms. The van der Waals surface area contributed by atoms with Crippen molar-refractivity contribution in [3.63, 3.8) is 0 Å². The second kappa shape index (κ2) is 9.61. The van der Waals surface area contributed by atoms with Crippen molar-refractivity contribution in [3.8, 4) is 0 Å². The highest BCUT2D eigenvalue weighted by Gasteiger charge is 2.24. The lowest BCUT2D eigenvalue weighted by atomic mass is 10.2. The maximum absolute atomic E-state index is 12.2. The SMILES string of the molecule is CC[C@@H](CO)NC(=O)[C@@H](COCc1ccccc1)NS(C)(=O)=O. The van der Waals surface area contributed by atoms with Crippen molar-refractivity contribution >= 4 is 15.9 Å². The van der Waals surface area contributed by atoms with Crippen LogP contribution in [0.2, 0.25) is 0 Å². The Morgan fingerprint density at radius 1 is 1.30 bits per heavy atom. The molecule has 0 heterocycles. The largest absolute Gasteiger partial charge is 0.394 e. The summed E-state index contributed by atoms with van der Waals surface area (Å²) < 4.78 is 30.5. The van der Waals surface area contributed by atoms with Crippen LogP contribution in [0.25, 0.3) is 0 Å². The highest BCUT2D eigenvalue weighted by atomic mass is 32.2. The Balaban J connectivity index is 2.62. The van der Waals surface area contributed by atoms with Crippen molar-refractivity contribution in [2.45, 2.75) is 32.0 Å². The maximum atomic E-state index is 12.2. The molecule has 0 fully saturated rings. The molecule has 0 unspecified atom stereocenters. The Bertz CT molecular complexity index is 573. The van der Waals surface area contributed by atoms with Gasteiger partial charge in [0.15, 0.2) is 0 Å². The van der Waals surface area contributed by atoms with Crippen LogP contribution in [0.1, 0.15) is 18.9 Å². The molecule has 0 saturated heterocycles. The highest BCUT2D eigenvalue weighted by Crippen LogP contribution is 2.02.